The Balaban J connectivity index is 2.30. The number of hydrogen-bond donors (Lipinski definition) is 1. The molecule has 0 spiro atoms. The van der Waals surface area contributed by atoms with Crippen molar-refractivity contribution in [2.24, 2.45) is 0 Å². The minimum absolute atomic E-state index is 0.142. The molecule has 0 saturated carbocycles. The third-order valence-electron chi connectivity index (χ3n) is 4.54. The number of esters is 3. The summed E-state index contributed by atoms with van der Waals surface area (Å²) in [6, 6.07) is 4.82. The van der Waals surface area contributed by atoms with Gasteiger partial charge in [0, 0.05) is 44.9 Å². The van der Waals surface area contributed by atoms with Crippen LogP contribution in [0.5, 0.6) is 0 Å². The SMILES string of the molecule is CC(=O)O[C@@H]1C(c2cncnc2)S[C@@H](O)[C@H](OC(C)=O)[C@]1(OC(C)=O)c1ccccn1. The van der Waals surface area contributed by atoms with Gasteiger partial charge in [-0.2, -0.15) is 0 Å². The summed E-state index contributed by atoms with van der Waals surface area (Å²) in [4.78, 5) is 48.6. The number of hydrogen-bond acceptors (Lipinski definition) is 11. The van der Waals surface area contributed by atoms with Crippen LogP contribution in [0.2, 0.25) is 0 Å². The number of ether oxygens (including phenoxy) is 3. The average molecular weight is 447 g/mol. The molecule has 1 aliphatic heterocycles. The summed E-state index contributed by atoms with van der Waals surface area (Å²) in [7, 11) is 0. The van der Waals surface area contributed by atoms with Gasteiger partial charge in [0.25, 0.3) is 0 Å². The van der Waals surface area contributed by atoms with E-state index < -0.39 is 46.4 Å². The van der Waals surface area contributed by atoms with Gasteiger partial charge in [0.2, 0.25) is 5.60 Å². The molecule has 0 aromatic carbocycles. The van der Waals surface area contributed by atoms with Gasteiger partial charge in [-0.3, -0.25) is 19.4 Å². The summed E-state index contributed by atoms with van der Waals surface area (Å²) in [6.07, 6.45) is 3.12. The predicted octanol–water partition coefficient (Wildman–Crippen LogP) is 1.30. The van der Waals surface area contributed by atoms with Crippen molar-refractivity contribution < 1.29 is 33.7 Å². The number of aliphatic hydroxyl groups is 1. The molecule has 5 atom stereocenters. The number of rotatable bonds is 5. The first-order chi connectivity index (χ1) is 14.8. The summed E-state index contributed by atoms with van der Waals surface area (Å²) >= 11 is 0.966. The molecular formula is C20H21N3O7S. The summed E-state index contributed by atoms with van der Waals surface area (Å²) in [5, 5.41) is 10.2. The number of nitrogens with zero attached hydrogens (tertiary/aromatic N) is 3. The molecule has 0 amide bonds. The molecule has 0 radical (unpaired) electrons. The quantitative estimate of drug-likeness (QED) is 0.524. The Labute approximate surface area is 182 Å². The molecule has 3 rings (SSSR count). The fourth-order valence-corrected chi connectivity index (χ4v) is 4.93. The topological polar surface area (TPSA) is 138 Å². The van der Waals surface area contributed by atoms with E-state index >= 15 is 0 Å². The molecule has 2 aromatic rings. The molecule has 0 bridgehead atoms. The standard InChI is InChI=1S/C20H21N3O7S/c1-11(24)28-17-16(14-8-21-10-22-9-14)31-19(27)18(29-12(2)25)20(17,30-13(3)26)15-6-4-5-7-23-15/h4-10,16-19,27H,1-3H3/t16?,17-,18+,19-,20+/m1/s1. The monoisotopic (exact) mass is 447 g/mol. The lowest BCUT2D eigenvalue weighted by atomic mass is 9.81. The van der Waals surface area contributed by atoms with Crippen molar-refractivity contribution in [3.8, 4) is 0 Å². The molecule has 1 saturated heterocycles. The molecule has 1 unspecified atom stereocenters. The van der Waals surface area contributed by atoms with E-state index in [1.54, 1.807) is 12.1 Å². The van der Waals surface area contributed by atoms with E-state index in [0.717, 1.165) is 25.6 Å². The number of aromatic nitrogens is 3. The Morgan fingerprint density at radius 3 is 2.19 bits per heavy atom. The van der Waals surface area contributed by atoms with Crippen molar-refractivity contribution in [3.05, 3.63) is 54.4 Å². The van der Waals surface area contributed by atoms with Gasteiger partial charge in [0.05, 0.1) is 10.9 Å². The van der Waals surface area contributed by atoms with Crippen LogP contribution in [0.15, 0.2) is 43.1 Å². The van der Waals surface area contributed by atoms with Crippen LogP contribution in [-0.2, 0) is 34.2 Å². The largest absolute Gasteiger partial charge is 0.456 e. The van der Waals surface area contributed by atoms with Gasteiger partial charge in [0.1, 0.15) is 11.8 Å². The number of carbonyl (C=O) groups excluding carboxylic acids is 3. The van der Waals surface area contributed by atoms with E-state index in [2.05, 4.69) is 15.0 Å². The van der Waals surface area contributed by atoms with Crippen LogP contribution in [0.3, 0.4) is 0 Å². The Morgan fingerprint density at radius 2 is 1.65 bits per heavy atom. The first-order valence-corrected chi connectivity index (χ1v) is 10.2. The maximum atomic E-state index is 12.3. The zero-order valence-corrected chi connectivity index (χ0v) is 17.8. The summed E-state index contributed by atoms with van der Waals surface area (Å²) < 4.78 is 16.8. The predicted molar refractivity (Wildman–Crippen MR) is 107 cm³/mol. The Bertz CT molecular complexity index is 946. The molecule has 11 heteroatoms. The summed E-state index contributed by atoms with van der Waals surface area (Å²) in [6.45, 7) is 3.52. The van der Waals surface area contributed by atoms with E-state index in [1.165, 1.54) is 37.9 Å². The van der Waals surface area contributed by atoms with Crippen molar-refractivity contribution >= 4 is 29.7 Å². The highest BCUT2D eigenvalue weighted by molar-refractivity contribution is 8.00. The molecule has 3 heterocycles. The number of aliphatic hydroxyl groups excluding tert-OH is 1. The van der Waals surface area contributed by atoms with E-state index in [0.29, 0.717) is 5.56 Å². The van der Waals surface area contributed by atoms with E-state index in [1.807, 2.05) is 0 Å². The van der Waals surface area contributed by atoms with E-state index in [4.69, 9.17) is 14.2 Å². The third kappa shape index (κ3) is 4.67. The van der Waals surface area contributed by atoms with E-state index in [9.17, 15) is 19.5 Å². The minimum Gasteiger partial charge on any atom is -0.456 e. The molecule has 10 nitrogen and oxygen atoms in total. The number of carbonyl (C=O) groups is 3. The normalized spacial score (nSPS) is 27.7. The van der Waals surface area contributed by atoms with Crippen LogP contribution >= 0.6 is 11.8 Å². The molecule has 164 valence electrons. The second-order valence-corrected chi connectivity index (χ2v) is 8.04. The fourth-order valence-electron chi connectivity index (χ4n) is 3.55. The lowest BCUT2D eigenvalue weighted by Crippen LogP contribution is -2.63. The second kappa shape index (κ2) is 9.40. The Morgan fingerprint density at radius 1 is 1.00 bits per heavy atom. The maximum absolute atomic E-state index is 12.3. The van der Waals surface area contributed by atoms with Crippen LogP contribution in [0.1, 0.15) is 37.3 Å². The molecular weight excluding hydrogens is 426 g/mol. The Hall–Kier alpha value is -3.05. The molecule has 1 aliphatic rings. The lowest BCUT2D eigenvalue weighted by Gasteiger charge is -2.50. The third-order valence-corrected chi connectivity index (χ3v) is 5.88. The maximum Gasteiger partial charge on any atom is 0.303 e. The van der Waals surface area contributed by atoms with Crippen molar-refractivity contribution in [2.75, 3.05) is 0 Å². The second-order valence-electron chi connectivity index (χ2n) is 6.78. The van der Waals surface area contributed by atoms with Crippen LogP contribution in [0.25, 0.3) is 0 Å². The van der Waals surface area contributed by atoms with Crippen LogP contribution in [0, 0.1) is 0 Å². The van der Waals surface area contributed by atoms with Gasteiger partial charge in [-0.05, 0) is 12.1 Å². The number of thioether (sulfide) groups is 1. The molecule has 0 aliphatic carbocycles. The highest BCUT2D eigenvalue weighted by Gasteiger charge is 2.64. The first kappa shape index (κ1) is 22.6. The van der Waals surface area contributed by atoms with Gasteiger partial charge in [-0.25, -0.2) is 9.97 Å². The zero-order valence-electron chi connectivity index (χ0n) is 17.0. The fraction of sp³-hybridized carbons (Fsp3) is 0.400. The molecule has 31 heavy (non-hydrogen) atoms. The highest BCUT2D eigenvalue weighted by Crippen LogP contribution is 2.54. The van der Waals surface area contributed by atoms with Gasteiger partial charge in [-0.15, -0.1) is 11.8 Å². The van der Waals surface area contributed by atoms with Crippen molar-refractivity contribution in [3.63, 3.8) is 0 Å². The van der Waals surface area contributed by atoms with Gasteiger partial charge in [0.15, 0.2) is 12.2 Å². The average Bonchev–Trinajstić information content (AvgIpc) is 2.73. The van der Waals surface area contributed by atoms with Gasteiger partial charge < -0.3 is 19.3 Å². The van der Waals surface area contributed by atoms with Crippen molar-refractivity contribution in [2.45, 2.75) is 49.3 Å². The summed E-state index contributed by atoms with van der Waals surface area (Å²) in [5.41, 5.74) is -2.65. The van der Waals surface area contributed by atoms with Crippen molar-refractivity contribution in [1.82, 2.24) is 15.0 Å². The lowest BCUT2D eigenvalue weighted by molar-refractivity contribution is -0.229. The molecule has 1 N–H and O–H groups in total. The molecule has 2 aromatic heterocycles. The Kier molecular flexibility index (Phi) is 6.86. The van der Waals surface area contributed by atoms with E-state index in [-0.39, 0.29) is 5.69 Å². The minimum atomic E-state index is -1.93. The highest BCUT2D eigenvalue weighted by atomic mass is 32.2. The first-order valence-electron chi connectivity index (χ1n) is 9.29. The van der Waals surface area contributed by atoms with Crippen molar-refractivity contribution in [1.29, 1.82) is 0 Å². The summed E-state index contributed by atoms with van der Waals surface area (Å²) in [5.74, 6) is -2.14. The van der Waals surface area contributed by atoms with Crippen LogP contribution in [-0.4, -0.2) is 55.6 Å². The zero-order chi connectivity index (χ0) is 22.6. The van der Waals surface area contributed by atoms with Gasteiger partial charge >= 0.3 is 17.9 Å². The number of pyridine rings is 1. The van der Waals surface area contributed by atoms with Crippen LogP contribution in [0.4, 0.5) is 0 Å². The van der Waals surface area contributed by atoms with Crippen LogP contribution < -0.4 is 0 Å². The smallest absolute Gasteiger partial charge is 0.303 e. The van der Waals surface area contributed by atoms with Gasteiger partial charge in [-0.1, -0.05) is 6.07 Å². The molecule has 1 fully saturated rings.